The molecule has 1 aliphatic rings. The minimum absolute atomic E-state index is 0.0121. The number of aryl methyl sites for hydroxylation is 1. The van der Waals surface area contributed by atoms with Gasteiger partial charge in [-0.3, -0.25) is 4.79 Å². The van der Waals surface area contributed by atoms with Crippen molar-refractivity contribution < 1.29 is 22.7 Å². The van der Waals surface area contributed by atoms with E-state index < -0.39 is 29.1 Å². The molecule has 0 spiro atoms. The van der Waals surface area contributed by atoms with Gasteiger partial charge in [-0.25, -0.2) is 28.5 Å². The van der Waals surface area contributed by atoms with Gasteiger partial charge in [0.1, 0.15) is 28.2 Å². The Morgan fingerprint density at radius 2 is 1.98 bits per heavy atom. The Bertz CT molecular complexity index is 1930. The van der Waals surface area contributed by atoms with Crippen molar-refractivity contribution in [3.8, 4) is 11.3 Å². The lowest BCUT2D eigenvalue weighted by Crippen LogP contribution is -2.35. The van der Waals surface area contributed by atoms with Crippen LogP contribution in [0, 0.1) is 18.6 Å². The van der Waals surface area contributed by atoms with Crippen LogP contribution in [-0.4, -0.2) is 45.0 Å². The van der Waals surface area contributed by atoms with Crippen LogP contribution in [0.15, 0.2) is 45.7 Å². The number of carbonyl (C=O) groups excluding carboxylic acids is 1. The smallest absolute Gasteiger partial charge is 0.347 e. The molecular weight excluding hydrogens is 546 g/mol. The number of hydrogen-bond acceptors (Lipinski definition) is 9. The van der Waals surface area contributed by atoms with Crippen LogP contribution in [0.2, 0.25) is 0 Å². The minimum atomic E-state index is -0.759. The number of ether oxygens (including phenoxy) is 1. The van der Waals surface area contributed by atoms with E-state index in [1.165, 1.54) is 13.0 Å². The first-order valence-corrected chi connectivity index (χ1v) is 13.5. The normalized spacial score (nSPS) is 15.5. The van der Waals surface area contributed by atoms with Gasteiger partial charge >= 0.3 is 5.63 Å². The van der Waals surface area contributed by atoms with Gasteiger partial charge in [0.05, 0.1) is 24.4 Å². The SMILES string of the molecule is CC(=O)c1c(C2CNCCO2)c2ccc(Nc3ncc(F)c(-c4cc(F)c5nc(C)n(C(C)C)c5c4)n3)cc2oc1=O. The lowest BCUT2D eigenvalue weighted by molar-refractivity contribution is 0.0277. The minimum Gasteiger partial charge on any atom is -0.422 e. The molecule has 0 aliphatic carbocycles. The van der Waals surface area contributed by atoms with Crippen molar-refractivity contribution in [2.45, 2.75) is 39.8 Å². The van der Waals surface area contributed by atoms with Crippen molar-refractivity contribution in [2.24, 2.45) is 0 Å². The highest BCUT2D eigenvalue weighted by atomic mass is 19.1. The summed E-state index contributed by atoms with van der Waals surface area (Å²) in [4.78, 5) is 37.9. The zero-order chi connectivity index (χ0) is 29.7. The van der Waals surface area contributed by atoms with Crippen LogP contribution in [0.3, 0.4) is 0 Å². The quantitative estimate of drug-likeness (QED) is 0.203. The fourth-order valence-electron chi connectivity index (χ4n) is 5.54. The molecule has 6 rings (SSSR count). The molecule has 1 unspecified atom stereocenters. The predicted molar refractivity (Wildman–Crippen MR) is 153 cm³/mol. The summed E-state index contributed by atoms with van der Waals surface area (Å²) in [5, 5.41) is 6.78. The summed E-state index contributed by atoms with van der Waals surface area (Å²) in [6.07, 6.45) is 0.503. The number of nitrogens with zero attached hydrogens (tertiary/aromatic N) is 4. The predicted octanol–water partition coefficient (Wildman–Crippen LogP) is 5.37. The number of morpholine rings is 1. The molecule has 2 N–H and O–H groups in total. The number of Topliss-reactive ketones (excluding diaryl/α,β-unsaturated/α-hetero) is 1. The topological polar surface area (TPSA) is 124 Å². The number of carbonyl (C=O) groups is 1. The molecule has 42 heavy (non-hydrogen) atoms. The third kappa shape index (κ3) is 4.82. The summed E-state index contributed by atoms with van der Waals surface area (Å²) in [5.74, 6) is -1.03. The summed E-state index contributed by atoms with van der Waals surface area (Å²) >= 11 is 0. The first-order chi connectivity index (χ1) is 20.1. The van der Waals surface area contributed by atoms with Gasteiger partial charge in [0.15, 0.2) is 17.4 Å². The van der Waals surface area contributed by atoms with Crippen LogP contribution >= 0.6 is 0 Å². The maximum atomic E-state index is 15.1. The number of benzene rings is 2. The zero-order valence-corrected chi connectivity index (χ0v) is 23.4. The van der Waals surface area contributed by atoms with E-state index in [2.05, 4.69) is 25.6 Å². The Hall–Kier alpha value is -4.55. The molecule has 1 fully saturated rings. The standard InChI is InChI=1S/C30H28F2N6O4/c1-14(2)38-16(4)35-28-20(31)9-17(10-22(28)38)27-21(32)12-34-30(37-27)36-18-5-6-19-23(11-18)42-29(40)25(15(3)39)26(19)24-13-33-7-8-41-24/h5-6,9-12,14,24,33H,7-8,13H2,1-4H3,(H,34,36,37). The number of aromatic nitrogens is 4. The van der Waals surface area contributed by atoms with Crippen molar-refractivity contribution in [1.82, 2.24) is 24.8 Å². The van der Waals surface area contributed by atoms with Crippen LogP contribution < -0.4 is 16.3 Å². The van der Waals surface area contributed by atoms with Gasteiger partial charge < -0.3 is 24.4 Å². The molecule has 1 saturated heterocycles. The fraction of sp³-hybridized carbons (Fsp3) is 0.300. The van der Waals surface area contributed by atoms with Gasteiger partial charge in [-0.2, -0.15) is 0 Å². The average molecular weight is 575 g/mol. The molecule has 0 amide bonds. The van der Waals surface area contributed by atoms with Gasteiger partial charge in [-0.1, -0.05) is 0 Å². The van der Waals surface area contributed by atoms with E-state index in [-0.39, 0.29) is 39.9 Å². The number of ketones is 1. The van der Waals surface area contributed by atoms with Crippen molar-refractivity contribution in [3.63, 3.8) is 0 Å². The Morgan fingerprint density at radius 1 is 1.17 bits per heavy atom. The number of imidazole rings is 1. The van der Waals surface area contributed by atoms with E-state index in [0.29, 0.717) is 47.7 Å². The summed E-state index contributed by atoms with van der Waals surface area (Å²) in [5.41, 5.74) is 1.23. The summed E-state index contributed by atoms with van der Waals surface area (Å²) in [6, 6.07) is 7.86. The Kier molecular flexibility index (Phi) is 7.03. The lowest BCUT2D eigenvalue weighted by Gasteiger charge is -2.26. The molecule has 4 heterocycles. The van der Waals surface area contributed by atoms with E-state index >= 15 is 4.39 Å². The summed E-state index contributed by atoms with van der Waals surface area (Å²) in [7, 11) is 0. The monoisotopic (exact) mass is 574 g/mol. The third-order valence-electron chi connectivity index (χ3n) is 7.26. The Balaban J connectivity index is 1.39. The number of anilines is 2. The molecule has 216 valence electrons. The second kappa shape index (κ2) is 10.7. The van der Waals surface area contributed by atoms with Crippen molar-refractivity contribution in [2.75, 3.05) is 25.0 Å². The molecule has 2 aromatic carbocycles. The largest absolute Gasteiger partial charge is 0.422 e. The van der Waals surface area contributed by atoms with Crippen LogP contribution in [0.5, 0.6) is 0 Å². The molecule has 1 aliphatic heterocycles. The van der Waals surface area contributed by atoms with Crippen LogP contribution in [0.25, 0.3) is 33.3 Å². The highest BCUT2D eigenvalue weighted by Crippen LogP contribution is 2.33. The maximum Gasteiger partial charge on any atom is 0.347 e. The van der Waals surface area contributed by atoms with Crippen LogP contribution in [0.4, 0.5) is 20.4 Å². The molecule has 0 saturated carbocycles. The second-order valence-electron chi connectivity index (χ2n) is 10.5. The Morgan fingerprint density at radius 3 is 2.69 bits per heavy atom. The maximum absolute atomic E-state index is 15.1. The number of hydrogen-bond donors (Lipinski definition) is 2. The van der Waals surface area contributed by atoms with E-state index in [0.717, 1.165) is 6.20 Å². The summed E-state index contributed by atoms with van der Waals surface area (Å²) < 4.78 is 43.3. The molecule has 0 radical (unpaired) electrons. The van der Waals surface area contributed by atoms with Crippen LogP contribution in [-0.2, 0) is 4.74 Å². The molecule has 0 bridgehead atoms. The zero-order valence-electron chi connectivity index (χ0n) is 23.4. The number of halogens is 2. The highest BCUT2D eigenvalue weighted by Gasteiger charge is 2.27. The van der Waals surface area contributed by atoms with Crippen molar-refractivity contribution in [1.29, 1.82) is 0 Å². The van der Waals surface area contributed by atoms with Crippen molar-refractivity contribution in [3.05, 3.63) is 75.5 Å². The van der Waals surface area contributed by atoms with Gasteiger partial charge in [-0.15, -0.1) is 0 Å². The molecule has 3 aromatic heterocycles. The molecular formula is C30H28F2N6O4. The molecule has 12 heteroatoms. The third-order valence-corrected chi connectivity index (χ3v) is 7.26. The number of nitrogens with one attached hydrogen (secondary N) is 2. The van der Waals surface area contributed by atoms with Gasteiger partial charge in [0.25, 0.3) is 0 Å². The van der Waals surface area contributed by atoms with Gasteiger partial charge in [-0.05, 0) is 52.0 Å². The lowest BCUT2D eigenvalue weighted by atomic mass is 9.96. The highest BCUT2D eigenvalue weighted by molar-refractivity contribution is 6.00. The second-order valence-corrected chi connectivity index (χ2v) is 10.5. The van der Waals surface area contributed by atoms with E-state index in [1.807, 2.05) is 18.4 Å². The summed E-state index contributed by atoms with van der Waals surface area (Å²) in [6.45, 7) is 8.57. The van der Waals surface area contributed by atoms with E-state index in [4.69, 9.17) is 9.15 Å². The first kappa shape index (κ1) is 27.6. The number of fused-ring (bicyclic) bond motifs is 2. The average Bonchev–Trinajstić information content (AvgIpc) is 3.30. The van der Waals surface area contributed by atoms with E-state index in [1.54, 1.807) is 31.2 Å². The van der Waals surface area contributed by atoms with E-state index in [9.17, 15) is 14.0 Å². The Labute approximate surface area is 238 Å². The molecule has 1 atom stereocenters. The van der Waals surface area contributed by atoms with Gasteiger partial charge in [0, 0.05) is 47.4 Å². The molecule has 5 aromatic rings. The van der Waals surface area contributed by atoms with Crippen LogP contribution in [0.1, 0.15) is 54.7 Å². The number of rotatable bonds is 6. The van der Waals surface area contributed by atoms with Crippen molar-refractivity contribution >= 4 is 39.4 Å². The first-order valence-electron chi connectivity index (χ1n) is 13.5. The molecule has 10 nitrogen and oxygen atoms in total. The fourth-order valence-corrected chi connectivity index (χ4v) is 5.54. The van der Waals surface area contributed by atoms with Gasteiger partial charge in [0.2, 0.25) is 5.95 Å².